The molecule has 0 aliphatic carbocycles. The van der Waals surface area contributed by atoms with Crippen LogP contribution >= 0.6 is 24.8 Å². The van der Waals surface area contributed by atoms with Gasteiger partial charge in [0.25, 0.3) is 0 Å². The van der Waals surface area contributed by atoms with Gasteiger partial charge in [-0.2, -0.15) is 0 Å². The van der Waals surface area contributed by atoms with E-state index in [2.05, 4.69) is 10.6 Å². The third-order valence-electron chi connectivity index (χ3n) is 2.57. The lowest BCUT2D eigenvalue weighted by atomic mass is 10.2. The topological polar surface area (TPSA) is 62.8 Å². The van der Waals surface area contributed by atoms with Gasteiger partial charge in [-0.25, -0.2) is 0 Å². The lowest BCUT2D eigenvalue weighted by Crippen LogP contribution is -2.28. The van der Waals surface area contributed by atoms with E-state index in [1.165, 1.54) is 0 Å². The number of hydrogen-bond donors (Lipinski definition) is 3. The van der Waals surface area contributed by atoms with E-state index >= 15 is 0 Å². The Hall–Kier alpha value is -0.720. The highest BCUT2D eigenvalue weighted by Gasteiger charge is 2.08. The number of aliphatic hydroxyl groups is 1. The molecule has 0 heterocycles. The van der Waals surface area contributed by atoms with Crippen LogP contribution in [0.3, 0.4) is 0 Å². The summed E-state index contributed by atoms with van der Waals surface area (Å²) in [5.41, 5.74) is 1.07. The van der Waals surface area contributed by atoms with Gasteiger partial charge < -0.3 is 25.2 Å². The lowest BCUT2D eigenvalue weighted by molar-refractivity contribution is 0.292. The standard InChI is InChI=1S/C13H22N2O3.2ClH/c1-17-12-5-3-4-11(13(12)18-2)10-15-7-6-14-8-9-16;;/h3-5,14-16H,6-10H2,1-2H3;2*1H. The zero-order valence-electron chi connectivity index (χ0n) is 11.8. The van der Waals surface area contributed by atoms with Gasteiger partial charge in [-0.3, -0.25) is 0 Å². The first-order valence-corrected chi connectivity index (χ1v) is 6.05. The predicted molar refractivity (Wildman–Crippen MR) is 85.7 cm³/mol. The molecule has 0 unspecified atom stereocenters. The summed E-state index contributed by atoms with van der Waals surface area (Å²) in [6.07, 6.45) is 0. The minimum atomic E-state index is 0. The van der Waals surface area contributed by atoms with Crippen LogP contribution in [0.25, 0.3) is 0 Å². The molecule has 0 aliphatic rings. The molecule has 118 valence electrons. The molecule has 0 amide bonds. The number of aliphatic hydroxyl groups excluding tert-OH is 1. The van der Waals surface area contributed by atoms with E-state index in [0.29, 0.717) is 6.54 Å². The molecule has 7 heteroatoms. The molecule has 0 atom stereocenters. The van der Waals surface area contributed by atoms with Crippen molar-refractivity contribution >= 4 is 24.8 Å². The molecule has 1 aromatic rings. The quantitative estimate of drug-likeness (QED) is 0.595. The smallest absolute Gasteiger partial charge is 0.165 e. The van der Waals surface area contributed by atoms with Crippen molar-refractivity contribution in [2.45, 2.75) is 6.54 Å². The van der Waals surface area contributed by atoms with Gasteiger partial charge in [0.05, 0.1) is 20.8 Å². The van der Waals surface area contributed by atoms with Crippen LogP contribution in [-0.4, -0.2) is 45.6 Å². The van der Waals surface area contributed by atoms with E-state index in [0.717, 1.165) is 36.7 Å². The van der Waals surface area contributed by atoms with Crippen molar-refractivity contribution in [3.63, 3.8) is 0 Å². The molecule has 0 radical (unpaired) electrons. The maximum Gasteiger partial charge on any atom is 0.165 e. The van der Waals surface area contributed by atoms with Crippen molar-refractivity contribution in [1.29, 1.82) is 0 Å². The van der Waals surface area contributed by atoms with Gasteiger partial charge in [-0.15, -0.1) is 24.8 Å². The molecule has 0 fully saturated rings. The second-order valence-corrected chi connectivity index (χ2v) is 3.80. The molecule has 20 heavy (non-hydrogen) atoms. The highest BCUT2D eigenvalue weighted by molar-refractivity contribution is 5.85. The van der Waals surface area contributed by atoms with Gasteiger partial charge in [0.15, 0.2) is 11.5 Å². The number of rotatable bonds is 9. The molecular formula is C13H24Cl2N2O3. The van der Waals surface area contributed by atoms with Gasteiger partial charge >= 0.3 is 0 Å². The maximum absolute atomic E-state index is 8.61. The molecule has 0 bridgehead atoms. The van der Waals surface area contributed by atoms with Crippen LogP contribution in [0.2, 0.25) is 0 Å². The summed E-state index contributed by atoms with van der Waals surface area (Å²) in [5, 5.41) is 15.0. The second kappa shape index (κ2) is 13.3. The Morgan fingerprint density at radius 2 is 1.70 bits per heavy atom. The summed E-state index contributed by atoms with van der Waals surface area (Å²) >= 11 is 0. The minimum Gasteiger partial charge on any atom is -0.493 e. The number of para-hydroxylation sites is 1. The zero-order valence-corrected chi connectivity index (χ0v) is 13.5. The first-order valence-electron chi connectivity index (χ1n) is 6.05. The van der Waals surface area contributed by atoms with Crippen molar-refractivity contribution < 1.29 is 14.6 Å². The van der Waals surface area contributed by atoms with Crippen LogP contribution in [0.15, 0.2) is 18.2 Å². The third kappa shape index (κ3) is 7.17. The van der Waals surface area contributed by atoms with Crippen LogP contribution in [0.4, 0.5) is 0 Å². The van der Waals surface area contributed by atoms with Crippen LogP contribution in [0.5, 0.6) is 11.5 Å². The Morgan fingerprint density at radius 3 is 2.30 bits per heavy atom. The number of hydrogen-bond acceptors (Lipinski definition) is 5. The average Bonchev–Trinajstić information content (AvgIpc) is 2.42. The third-order valence-corrected chi connectivity index (χ3v) is 2.57. The van der Waals surface area contributed by atoms with Gasteiger partial charge in [0.1, 0.15) is 0 Å². The lowest BCUT2D eigenvalue weighted by Gasteiger charge is -2.13. The molecule has 0 saturated carbocycles. The number of benzene rings is 1. The molecule has 1 aromatic carbocycles. The summed E-state index contributed by atoms with van der Waals surface area (Å²) in [4.78, 5) is 0. The van der Waals surface area contributed by atoms with Crippen LogP contribution in [0, 0.1) is 0 Å². The van der Waals surface area contributed by atoms with Crippen LogP contribution in [0.1, 0.15) is 5.56 Å². The fraction of sp³-hybridized carbons (Fsp3) is 0.538. The fourth-order valence-electron chi connectivity index (χ4n) is 1.70. The summed E-state index contributed by atoms with van der Waals surface area (Å²) in [7, 11) is 3.28. The molecule has 3 N–H and O–H groups in total. The Morgan fingerprint density at radius 1 is 1.00 bits per heavy atom. The monoisotopic (exact) mass is 326 g/mol. The van der Waals surface area contributed by atoms with E-state index < -0.39 is 0 Å². The van der Waals surface area contributed by atoms with Gasteiger partial charge in [0.2, 0.25) is 0 Å². The number of nitrogens with one attached hydrogen (secondary N) is 2. The van der Waals surface area contributed by atoms with Crippen molar-refractivity contribution in [3.8, 4) is 11.5 Å². The van der Waals surface area contributed by atoms with Gasteiger partial charge in [0, 0.05) is 31.7 Å². The highest BCUT2D eigenvalue weighted by atomic mass is 35.5. The van der Waals surface area contributed by atoms with E-state index in [1.807, 2.05) is 18.2 Å². The Balaban J connectivity index is 0. The number of ether oxygens (including phenoxy) is 2. The van der Waals surface area contributed by atoms with Crippen LogP contribution < -0.4 is 20.1 Å². The summed E-state index contributed by atoms with van der Waals surface area (Å²) in [5.74, 6) is 1.52. The first-order chi connectivity index (χ1) is 8.83. The largest absolute Gasteiger partial charge is 0.493 e. The fourth-order valence-corrected chi connectivity index (χ4v) is 1.70. The molecule has 0 aromatic heterocycles. The zero-order chi connectivity index (χ0) is 13.2. The normalized spacial score (nSPS) is 9.35. The summed E-state index contributed by atoms with van der Waals surface area (Å²) in [6, 6.07) is 5.84. The molecule has 1 rings (SSSR count). The van der Waals surface area contributed by atoms with Crippen molar-refractivity contribution in [1.82, 2.24) is 10.6 Å². The second-order valence-electron chi connectivity index (χ2n) is 3.80. The van der Waals surface area contributed by atoms with Crippen molar-refractivity contribution in [2.75, 3.05) is 40.5 Å². The molecule has 0 saturated heterocycles. The molecule has 0 aliphatic heterocycles. The van der Waals surface area contributed by atoms with E-state index in [4.69, 9.17) is 14.6 Å². The molecule has 0 spiro atoms. The number of methoxy groups -OCH3 is 2. The summed E-state index contributed by atoms with van der Waals surface area (Å²) in [6.45, 7) is 3.18. The molecule has 5 nitrogen and oxygen atoms in total. The first kappa shape index (κ1) is 21.6. The Kier molecular flexibility index (Phi) is 14.3. The van der Waals surface area contributed by atoms with Gasteiger partial charge in [-0.1, -0.05) is 12.1 Å². The SMILES string of the molecule is COc1cccc(CNCCNCCO)c1OC.Cl.Cl. The highest BCUT2D eigenvalue weighted by Crippen LogP contribution is 2.30. The Bertz CT molecular complexity index is 354. The maximum atomic E-state index is 8.61. The number of halogens is 2. The van der Waals surface area contributed by atoms with Crippen molar-refractivity contribution in [2.24, 2.45) is 0 Å². The minimum absolute atomic E-state index is 0. The summed E-state index contributed by atoms with van der Waals surface area (Å²) < 4.78 is 10.6. The average molecular weight is 327 g/mol. The molecular weight excluding hydrogens is 303 g/mol. The van der Waals surface area contributed by atoms with Gasteiger partial charge in [-0.05, 0) is 6.07 Å². The Labute approximate surface area is 132 Å². The van der Waals surface area contributed by atoms with Crippen molar-refractivity contribution in [3.05, 3.63) is 23.8 Å². The predicted octanol–water partition coefficient (Wildman–Crippen LogP) is 1.22. The van der Waals surface area contributed by atoms with Crippen LogP contribution in [-0.2, 0) is 6.54 Å². The van der Waals surface area contributed by atoms with E-state index in [1.54, 1.807) is 14.2 Å². The van der Waals surface area contributed by atoms with E-state index in [-0.39, 0.29) is 31.4 Å². The van der Waals surface area contributed by atoms with E-state index in [9.17, 15) is 0 Å².